The maximum absolute atomic E-state index is 11.5. The molecule has 1 saturated heterocycles. The minimum Gasteiger partial charge on any atom is -0.506 e. The lowest BCUT2D eigenvalue weighted by atomic mass is 9.78. The summed E-state index contributed by atoms with van der Waals surface area (Å²) in [4.78, 5) is 21.3. The van der Waals surface area contributed by atoms with Crippen LogP contribution in [-0.2, 0) is 38.1 Å². The number of benzene rings is 6. The maximum Gasteiger partial charge on any atom is 0.496 e. The Balaban J connectivity index is 0.000000164. The van der Waals surface area contributed by atoms with Crippen LogP contribution in [0.1, 0.15) is 80.4 Å². The maximum atomic E-state index is 11.5. The van der Waals surface area contributed by atoms with Crippen LogP contribution in [-0.4, -0.2) is 109 Å². The van der Waals surface area contributed by atoms with E-state index in [0.29, 0.717) is 97.0 Å². The second-order valence-electron chi connectivity index (χ2n) is 19.7. The fourth-order valence-corrected chi connectivity index (χ4v) is 10.2. The molecule has 6 aromatic carbocycles. The quantitative estimate of drug-likeness (QED) is 0.0749. The molecular weight excluding hydrogens is 1210 g/mol. The van der Waals surface area contributed by atoms with Crippen molar-refractivity contribution in [2.24, 2.45) is 0 Å². The number of hydrogen-bond acceptors (Lipinski definition) is 16. The largest absolute Gasteiger partial charge is 0.506 e. The Morgan fingerprint density at radius 2 is 0.929 bits per heavy atom. The third kappa shape index (κ3) is 17.1. The summed E-state index contributed by atoms with van der Waals surface area (Å²) in [5, 5.41) is 20.9. The summed E-state index contributed by atoms with van der Waals surface area (Å²) in [5.74, 6) is 5.65. The first-order valence-corrected chi connectivity index (χ1v) is 28.9. The molecule has 16 nitrogen and oxygen atoms in total. The number of Topliss-reactive ketones (excluding diaryl/α,β-unsaturated/α-hetero) is 1. The predicted octanol–water partition coefficient (Wildman–Crippen LogP) is 14.3. The first-order valence-electron chi connectivity index (χ1n) is 26.7. The molecule has 84 heavy (non-hydrogen) atoms. The zero-order chi connectivity index (χ0) is 61.1. The number of carbonyl (C=O) groups is 2. The molecule has 6 aromatic rings. The molecule has 5 aliphatic rings. The van der Waals surface area contributed by atoms with Crippen molar-refractivity contribution in [3.8, 4) is 63.2 Å². The summed E-state index contributed by atoms with van der Waals surface area (Å²) in [7, 11) is 5.72. The van der Waals surface area contributed by atoms with Crippen LogP contribution in [0.3, 0.4) is 0 Å². The molecule has 0 aliphatic carbocycles. The van der Waals surface area contributed by atoms with Crippen LogP contribution in [0.25, 0.3) is 0 Å². The molecule has 5 aliphatic heterocycles. The van der Waals surface area contributed by atoms with E-state index in [1.165, 1.54) is 38.5 Å². The van der Waals surface area contributed by atoms with Gasteiger partial charge in [-0.3, -0.25) is 9.59 Å². The molecule has 0 spiro atoms. The molecule has 0 saturated carbocycles. The van der Waals surface area contributed by atoms with Crippen LogP contribution in [0.5, 0.6) is 63.2 Å². The third-order valence-corrected chi connectivity index (χ3v) is 16.0. The van der Waals surface area contributed by atoms with Crippen LogP contribution in [0, 0.1) is 0 Å². The van der Waals surface area contributed by atoms with Gasteiger partial charge in [0.05, 0.1) is 76.7 Å². The number of halogens is 6. The van der Waals surface area contributed by atoms with E-state index in [9.17, 15) is 14.7 Å². The molecule has 0 bridgehead atoms. The summed E-state index contributed by atoms with van der Waals surface area (Å²) in [6.45, 7) is 11.5. The number of rotatable bonds is 10. The molecule has 2 N–H and O–H groups in total. The van der Waals surface area contributed by atoms with Gasteiger partial charge in [-0.2, -0.15) is 0 Å². The Morgan fingerprint density at radius 1 is 0.488 bits per heavy atom. The SMILES string of the molecule is CC1(C)OB(c2ccc3c(c2Cl)OCCC3)OC1(C)C.COc1ccc2c(c1Cl)OCCC2.COc1ccc2c(c1Cl)OCCC2=O.COc1cccc(O)c1Cl.COc1cccc(OCCOC=O)c1Cl.Oc1ccc2c(c1Cl)OCCC2. The van der Waals surface area contributed by atoms with E-state index >= 15 is 0 Å². The highest BCUT2D eigenvalue weighted by Crippen LogP contribution is 2.43. The summed E-state index contributed by atoms with van der Waals surface area (Å²) < 4.78 is 63.7. The van der Waals surface area contributed by atoms with Crippen molar-refractivity contribution < 1.29 is 76.5 Å². The fraction of sp³-hybridized carbons (Fsp3) is 0.377. The van der Waals surface area contributed by atoms with Gasteiger partial charge in [0.25, 0.3) is 6.47 Å². The van der Waals surface area contributed by atoms with E-state index in [-0.39, 0.29) is 46.7 Å². The molecule has 1 fully saturated rings. The van der Waals surface area contributed by atoms with Gasteiger partial charge in [-0.15, -0.1) is 0 Å². The van der Waals surface area contributed by atoms with E-state index in [2.05, 4.69) is 10.8 Å². The van der Waals surface area contributed by atoms with E-state index in [0.717, 1.165) is 74.3 Å². The smallest absolute Gasteiger partial charge is 0.496 e. The van der Waals surface area contributed by atoms with Gasteiger partial charge in [-0.1, -0.05) is 106 Å². The van der Waals surface area contributed by atoms with Gasteiger partial charge in [0.1, 0.15) is 95.8 Å². The van der Waals surface area contributed by atoms with Crippen LogP contribution >= 0.6 is 69.6 Å². The lowest BCUT2D eigenvalue weighted by Crippen LogP contribution is -2.41. The fourth-order valence-electron chi connectivity index (χ4n) is 8.56. The second-order valence-corrected chi connectivity index (χ2v) is 22.0. The van der Waals surface area contributed by atoms with Crippen molar-refractivity contribution in [1.82, 2.24) is 0 Å². The highest BCUT2D eigenvalue weighted by molar-refractivity contribution is 6.66. The van der Waals surface area contributed by atoms with E-state index in [4.69, 9.17) is 127 Å². The van der Waals surface area contributed by atoms with Crippen molar-refractivity contribution in [3.63, 3.8) is 0 Å². The van der Waals surface area contributed by atoms with E-state index in [1.807, 2.05) is 52.0 Å². The first-order chi connectivity index (χ1) is 40.2. The lowest BCUT2D eigenvalue weighted by Gasteiger charge is -2.32. The number of aryl methyl sites for hydroxylation is 3. The summed E-state index contributed by atoms with van der Waals surface area (Å²) >= 11 is 36.0. The van der Waals surface area contributed by atoms with E-state index in [1.54, 1.807) is 55.6 Å². The molecule has 5 heterocycles. The van der Waals surface area contributed by atoms with Crippen LogP contribution in [0.15, 0.2) is 84.9 Å². The predicted molar refractivity (Wildman–Crippen MR) is 327 cm³/mol. The highest BCUT2D eigenvalue weighted by atomic mass is 35.5. The Morgan fingerprint density at radius 3 is 1.48 bits per heavy atom. The van der Waals surface area contributed by atoms with Crippen molar-refractivity contribution in [1.29, 1.82) is 0 Å². The summed E-state index contributed by atoms with van der Waals surface area (Å²) in [6, 6.07) is 24.9. The minimum absolute atomic E-state index is 0.0426. The monoisotopic (exact) mass is 1280 g/mol. The number of phenols is 2. The molecule has 0 amide bonds. The van der Waals surface area contributed by atoms with Gasteiger partial charge in [0.2, 0.25) is 0 Å². The molecule has 23 heteroatoms. The molecule has 452 valence electrons. The second kappa shape index (κ2) is 31.9. The first kappa shape index (κ1) is 67.1. The topological polar surface area (TPSA) is 185 Å². The zero-order valence-electron chi connectivity index (χ0n) is 47.8. The number of methoxy groups -OCH3 is 4. The van der Waals surface area contributed by atoms with Crippen LogP contribution in [0.4, 0.5) is 0 Å². The number of aromatic hydroxyl groups is 2. The highest BCUT2D eigenvalue weighted by Gasteiger charge is 2.52. The number of ether oxygens (including phenoxy) is 10. The third-order valence-electron chi connectivity index (χ3n) is 13.7. The normalized spacial score (nSPS) is 15.2. The molecule has 0 atom stereocenters. The average Bonchev–Trinajstić information content (AvgIpc) is 3.80. The number of phenolic OH excluding ortho intramolecular Hbond substituents is 2. The molecule has 0 radical (unpaired) electrons. The van der Waals surface area contributed by atoms with Crippen molar-refractivity contribution in [2.75, 3.05) is 68.1 Å². The minimum atomic E-state index is -0.441. The van der Waals surface area contributed by atoms with Gasteiger partial charge in [0.15, 0.2) is 11.5 Å². The van der Waals surface area contributed by atoms with Crippen molar-refractivity contribution >= 4 is 94.4 Å². The lowest BCUT2D eigenvalue weighted by molar-refractivity contribution is -0.129. The van der Waals surface area contributed by atoms with Gasteiger partial charge in [-0.05, 0) is 131 Å². The standard InChI is InChI=1S/C15H20BClO3.C10H11ClO4.C10H9ClO3.C10H11ClO2.C9H9ClO2.C7H7ClO2/c1-14(2)15(3,4)20-16(19-14)11-8-7-10-6-5-9-18-13(10)12(11)17;1-13-8-3-2-4-9(10(8)11)15-6-5-14-7-12;1-13-8-3-2-6-7(12)4-5-14-10(6)9(8)11;1-12-8-5-4-7-3-2-6-13-10(7)9(8)11;10-8-7(11)4-3-6-2-1-5-12-9(6)8;1-10-6-4-2-3-5(9)7(6)8/h7-8H,5-6,9H2,1-4H3;2-4,7H,5-6H2,1H3;2-3H,4-5H2,1H3;4-5H,2-3,6H2,1H3;3-4,11H,1-2,5H2;2-4,9H,1H3. The van der Waals surface area contributed by atoms with Crippen molar-refractivity contribution in [2.45, 2.75) is 83.8 Å². The Labute approximate surface area is 520 Å². The average molecular weight is 1280 g/mol. The van der Waals surface area contributed by atoms with E-state index < -0.39 is 7.12 Å². The van der Waals surface area contributed by atoms with Gasteiger partial charge >= 0.3 is 7.12 Å². The number of carbonyl (C=O) groups excluding carboxylic acids is 2. The molecule has 11 rings (SSSR count). The van der Waals surface area contributed by atoms with Gasteiger partial charge < -0.3 is 66.9 Å². The Bertz CT molecular complexity index is 3180. The number of ketones is 1. The zero-order valence-corrected chi connectivity index (χ0v) is 52.3. The molecule has 0 unspecified atom stereocenters. The number of hydrogen-bond donors (Lipinski definition) is 2. The van der Waals surface area contributed by atoms with Gasteiger partial charge in [-0.25, -0.2) is 0 Å². The molecule has 0 aromatic heterocycles. The van der Waals surface area contributed by atoms with Crippen molar-refractivity contribution in [3.05, 3.63) is 137 Å². The Hall–Kier alpha value is -6.02. The summed E-state index contributed by atoms with van der Waals surface area (Å²) in [6.07, 6.45) is 6.58. The number of fused-ring (bicyclic) bond motifs is 4. The Kier molecular flexibility index (Phi) is 25.5. The molecular formula is C61H67BCl6O16. The van der Waals surface area contributed by atoms with Crippen LogP contribution in [0.2, 0.25) is 30.1 Å². The van der Waals surface area contributed by atoms with Crippen LogP contribution < -0.4 is 48.1 Å². The summed E-state index contributed by atoms with van der Waals surface area (Å²) in [5.41, 5.74) is 4.10. The van der Waals surface area contributed by atoms with Gasteiger partial charge in [0, 0.05) is 11.9 Å².